The van der Waals surface area contributed by atoms with Gasteiger partial charge >= 0.3 is 5.97 Å². The number of carbonyl (C=O) groups is 1. The first-order valence-electron chi connectivity index (χ1n) is 4.85. The van der Waals surface area contributed by atoms with Crippen molar-refractivity contribution in [1.29, 1.82) is 0 Å². The zero-order chi connectivity index (χ0) is 13.0. The summed E-state index contributed by atoms with van der Waals surface area (Å²) in [7, 11) is 0. The zero-order valence-corrected chi connectivity index (χ0v) is 10.6. The highest BCUT2D eigenvalue weighted by Crippen LogP contribution is 2.28. The number of aromatic nitrogens is 1. The Labute approximate surface area is 105 Å². The molecule has 0 atom stereocenters. The van der Waals surface area contributed by atoms with Gasteiger partial charge < -0.3 is 10.5 Å². The molecule has 0 aliphatic carbocycles. The summed E-state index contributed by atoms with van der Waals surface area (Å²) in [6, 6.07) is 1.21. The fourth-order valence-corrected chi connectivity index (χ4v) is 1.79. The van der Waals surface area contributed by atoms with E-state index in [0.717, 1.165) is 0 Å². The van der Waals surface area contributed by atoms with Crippen molar-refractivity contribution in [2.24, 2.45) is 5.73 Å². The largest absolute Gasteiger partial charge is 0.462 e. The smallest absolute Gasteiger partial charge is 0.338 e. The molecule has 0 unspecified atom stereocenters. The summed E-state index contributed by atoms with van der Waals surface area (Å²) in [5, 5.41) is 0. The number of pyridine rings is 1. The number of nitrogens with zero attached hydrogens (tertiary/aromatic N) is 1. The number of rotatable bonds is 4. The lowest BCUT2D eigenvalue weighted by Crippen LogP contribution is -2.14. The summed E-state index contributed by atoms with van der Waals surface area (Å²) in [6.45, 7) is 1.53. The van der Waals surface area contributed by atoms with E-state index in [9.17, 15) is 13.6 Å². The van der Waals surface area contributed by atoms with Crippen molar-refractivity contribution in [3.8, 4) is 0 Å². The second kappa shape index (κ2) is 6.02. The van der Waals surface area contributed by atoms with Crippen LogP contribution in [-0.4, -0.2) is 17.6 Å². The average molecular weight is 309 g/mol. The van der Waals surface area contributed by atoms with Gasteiger partial charge in [-0.05, 0) is 28.9 Å². The van der Waals surface area contributed by atoms with Crippen molar-refractivity contribution in [3.63, 3.8) is 0 Å². The number of esters is 1. The standard InChI is InChI=1S/C10H11BrF2N2O2/c1-2-17-10(16)5-3-7(11)15-6(4-14)8(5)9(12)13/h3,9H,2,4,14H2,1H3. The quantitative estimate of drug-likeness (QED) is 0.685. The number of ether oxygens (including phenoxy) is 1. The summed E-state index contributed by atoms with van der Waals surface area (Å²) in [5.41, 5.74) is 4.65. The van der Waals surface area contributed by atoms with Gasteiger partial charge in [0.05, 0.1) is 23.4 Å². The van der Waals surface area contributed by atoms with Crippen LogP contribution < -0.4 is 5.73 Å². The van der Waals surface area contributed by atoms with E-state index in [1.807, 2.05) is 0 Å². The van der Waals surface area contributed by atoms with E-state index in [0.29, 0.717) is 0 Å². The Bertz CT molecular complexity index is 427. The number of alkyl halides is 2. The van der Waals surface area contributed by atoms with Crippen molar-refractivity contribution in [2.75, 3.05) is 6.61 Å². The Balaban J connectivity index is 3.35. The molecule has 2 N–H and O–H groups in total. The topological polar surface area (TPSA) is 65.2 Å². The fraction of sp³-hybridized carbons (Fsp3) is 0.400. The van der Waals surface area contributed by atoms with Gasteiger partial charge in [-0.15, -0.1) is 0 Å². The molecule has 1 heterocycles. The number of halogens is 3. The van der Waals surface area contributed by atoms with Crippen molar-refractivity contribution < 1.29 is 18.3 Å². The summed E-state index contributed by atoms with van der Waals surface area (Å²) < 4.78 is 30.8. The molecule has 0 amide bonds. The van der Waals surface area contributed by atoms with E-state index in [2.05, 4.69) is 20.9 Å². The van der Waals surface area contributed by atoms with Gasteiger partial charge in [-0.2, -0.15) is 0 Å². The normalized spacial score (nSPS) is 10.7. The summed E-state index contributed by atoms with van der Waals surface area (Å²) in [6.07, 6.45) is -2.83. The van der Waals surface area contributed by atoms with Crippen LogP contribution >= 0.6 is 15.9 Å². The number of nitrogens with two attached hydrogens (primary N) is 1. The van der Waals surface area contributed by atoms with E-state index in [-0.39, 0.29) is 29.0 Å². The van der Waals surface area contributed by atoms with E-state index in [1.54, 1.807) is 6.92 Å². The Morgan fingerprint density at radius 3 is 2.76 bits per heavy atom. The molecule has 0 saturated carbocycles. The number of carbonyl (C=O) groups excluding carboxylic acids is 1. The third kappa shape index (κ3) is 3.19. The zero-order valence-electron chi connectivity index (χ0n) is 9.04. The lowest BCUT2D eigenvalue weighted by Gasteiger charge is -2.12. The van der Waals surface area contributed by atoms with Gasteiger partial charge in [0.2, 0.25) is 0 Å². The number of hydrogen-bond acceptors (Lipinski definition) is 4. The Kier molecular flexibility index (Phi) is 4.95. The molecule has 94 valence electrons. The lowest BCUT2D eigenvalue weighted by molar-refractivity contribution is 0.0514. The molecular weight excluding hydrogens is 298 g/mol. The highest BCUT2D eigenvalue weighted by molar-refractivity contribution is 9.10. The SMILES string of the molecule is CCOC(=O)c1cc(Br)nc(CN)c1C(F)F. The van der Waals surface area contributed by atoms with Gasteiger partial charge in [0.15, 0.2) is 0 Å². The van der Waals surface area contributed by atoms with E-state index in [1.165, 1.54) is 6.07 Å². The maximum Gasteiger partial charge on any atom is 0.338 e. The molecule has 0 fully saturated rings. The predicted octanol–water partition coefficient (Wildman–Crippen LogP) is 2.42. The summed E-state index contributed by atoms with van der Waals surface area (Å²) in [4.78, 5) is 15.4. The molecule has 17 heavy (non-hydrogen) atoms. The van der Waals surface area contributed by atoms with E-state index >= 15 is 0 Å². The molecule has 1 aromatic rings. The maximum absolute atomic E-state index is 12.9. The van der Waals surface area contributed by atoms with Crippen LogP contribution in [0.15, 0.2) is 10.7 Å². The van der Waals surface area contributed by atoms with Crippen LogP contribution in [0.4, 0.5) is 8.78 Å². The second-order valence-corrected chi connectivity index (χ2v) is 3.89. The molecule has 0 spiro atoms. The molecule has 1 aromatic heterocycles. The molecule has 0 saturated heterocycles. The number of hydrogen-bond donors (Lipinski definition) is 1. The Morgan fingerprint density at radius 1 is 1.65 bits per heavy atom. The van der Waals surface area contributed by atoms with E-state index in [4.69, 9.17) is 10.5 Å². The first-order valence-corrected chi connectivity index (χ1v) is 5.65. The molecule has 1 rings (SSSR count). The molecule has 0 aliphatic heterocycles. The molecule has 7 heteroatoms. The Morgan fingerprint density at radius 2 is 2.29 bits per heavy atom. The van der Waals surface area contributed by atoms with Crippen LogP contribution in [0.2, 0.25) is 0 Å². The minimum absolute atomic E-state index is 0.0163. The first-order chi connectivity index (χ1) is 8.01. The maximum atomic E-state index is 12.9. The third-order valence-corrected chi connectivity index (χ3v) is 2.42. The van der Waals surface area contributed by atoms with Crippen molar-refractivity contribution in [3.05, 3.63) is 27.5 Å². The van der Waals surface area contributed by atoms with Crippen molar-refractivity contribution in [1.82, 2.24) is 4.98 Å². The second-order valence-electron chi connectivity index (χ2n) is 3.08. The highest BCUT2D eigenvalue weighted by atomic mass is 79.9. The molecule has 0 radical (unpaired) electrons. The van der Waals surface area contributed by atoms with Gasteiger partial charge in [-0.25, -0.2) is 18.6 Å². The minimum atomic E-state index is -2.83. The molecule has 0 aliphatic rings. The van der Waals surface area contributed by atoms with Crippen LogP contribution in [0.25, 0.3) is 0 Å². The van der Waals surface area contributed by atoms with Gasteiger partial charge in [-0.3, -0.25) is 0 Å². The van der Waals surface area contributed by atoms with Crippen molar-refractivity contribution >= 4 is 21.9 Å². The fourth-order valence-electron chi connectivity index (χ4n) is 1.35. The Hall–Kier alpha value is -1.08. The monoisotopic (exact) mass is 308 g/mol. The average Bonchev–Trinajstić information content (AvgIpc) is 2.27. The molecule has 0 aromatic carbocycles. The predicted molar refractivity (Wildman–Crippen MR) is 60.7 cm³/mol. The molecule has 4 nitrogen and oxygen atoms in total. The van der Waals surface area contributed by atoms with Gasteiger partial charge in [0.1, 0.15) is 4.60 Å². The molecular formula is C10H11BrF2N2O2. The summed E-state index contributed by atoms with van der Waals surface area (Å²) >= 11 is 3.04. The van der Waals surface area contributed by atoms with E-state index < -0.39 is 18.0 Å². The van der Waals surface area contributed by atoms with Gasteiger partial charge in [0.25, 0.3) is 6.43 Å². The third-order valence-electron chi connectivity index (χ3n) is 2.01. The van der Waals surface area contributed by atoms with Crippen LogP contribution in [0.5, 0.6) is 0 Å². The van der Waals surface area contributed by atoms with Crippen LogP contribution in [0.1, 0.15) is 35.0 Å². The minimum Gasteiger partial charge on any atom is -0.462 e. The first kappa shape index (κ1) is 14.0. The van der Waals surface area contributed by atoms with Gasteiger partial charge in [0, 0.05) is 6.54 Å². The lowest BCUT2D eigenvalue weighted by atomic mass is 10.1. The van der Waals surface area contributed by atoms with Crippen LogP contribution in [0, 0.1) is 0 Å². The van der Waals surface area contributed by atoms with Crippen molar-refractivity contribution in [2.45, 2.75) is 19.9 Å². The van der Waals surface area contributed by atoms with Gasteiger partial charge in [-0.1, -0.05) is 0 Å². The van der Waals surface area contributed by atoms with Crippen LogP contribution in [0.3, 0.4) is 0 Å². The highest BCUT2D eigenvalue weighted by Gasteiger charge is 2.24. The summed E-state index contributed by atoms with van der Waals surface area (Å²) in [5.74, 6) is -0.805. The molecule has 0 bridgehead atoms. The van der Waals surface area contributed by atoms with Crippen LogP contribution in [-0.2, 0) is 11.3 Å².